The summed E-state index contributed by atoms with van der Waals surface area (Å²) >= 11 is 0. The van der Waals surface area contributed by atoms with Crippen LogP contribution in [0.1, 0.15) is 6.42 Å². The van der Waals surface area contributed by atoms with E-state index in [9.17, 15) is 10.1 Å². The molecule has 0 radical (unpaired) electrons. The maximum atomic E-state index is 9.50. The second kappa shape index (κ2) is 0.801. The van der Waals surface area contributed by atoms with Crippen LogP contribution in [0.15, 0.2) is 11.8 Å². The second-order valence-corrected chi connectivity index (χ2v) is 1.16. The van der Waals surface area contributed by atoms with Gasteiger partial charge >= 0.3 is 0 Å². The van der Waals surface area contributed by atoms with Gasteiger partial charge in [0.1, 0.15) is 0 Å². The molecule has 0 saturated heterocycles. The fraction of sp³-hybridized carbons (Fsp3) is 0.333. The standard InChI is InChI=1S/C3H3NO2/c5-4(6)3-1-2-3/h1H,2H2. The van der Waals surface area contributed by atoms with E-state index in [0.717, 1.165) is 0 Å². The quantitative estimate of drug-likeness (QED) is 0.344. The minimum Gasteiger partial charge on any atom is -0.259 e. The van der Waals surface area contributed by atoms with E-state index >= 15 is 0 Å². The van der Waals surface area contributed by atoms with Gasteiger partial charge in [-0.3, -0.25) is 10.1 Å². The molecule has 0 N–H and O–H groups in total. The van der Waals surface area contributed by atoms with Crippen molar-refractivity contribution in [3.63, 3.8) is 0 Å². The molecule has 0 heterocycles. The summed E-state index contributed by atoms with van der Waals surface area (Å²) in [6.45, 7) is 0. The van der Waals surface area contributed by atoms with Crippen LogP contribution in [0.5, 0.6) is 0 Å². The maximum Gasteiger partial charge on any atom is 0.246 e. The lowest BCUT2D eigenvalue weighted by atomic mass is 10.8. The van der Waals surface area contributed by atoms with Gasteiger partial charge in [0, 0.05) is 0 Å². The summed E-state index contributed by atoms with van der Waals surface area (Å²) in [5, 5.41) is 9.50. The van der Waals surface area contributed by atoms with Crippen molar-refractivity contribution < 1.29 is 4.92 Å². The highest BCUT2D eigenvalue weighted by atomic mass is 16.6. The van der Waals surface area contributed by atoms with Crippen molar-refractivity contribution in [3.8, 4) is 0 Å². The fourth-order valence-electron chi connectivity index (χ4n) is 0.195. The molecule has 0 fully saturated rings. The van der Waals surface area contributed by atoms with Crippen LogP contribution >= 0.6 is 0 Å². The molecule has 0 unspecified atom stereocenters. The third-order valence-corrected chi connectivity index (χ3v) is 0.621. The molecule has 0 amide bonds. The van der Waals surface area contributed by atoms with Crippen LogP contribution in [0.4, 0.5) is 0 Å². The van der Waals surface area contributed by atoms with Crippen molar-refractivity contribution >= 4 is 0 Å². The second-order valence-electron chi connectivity index (χ2n) is 1.16. The Morgan fingerprint density at radius 3 is 2.50 bits per heavy atom. The first-order valence-corrected chi connectivity index (χ1v) is 1.64. The molecule has 1 aliphatic rings. The molecule has 0 spiro atoms. The Balaban J connectivity index is 2.52. The summed E-state index contributed by atoms with van der Waals surface area (Å²) < 4.78 is 0. The molecule has 1 rings (SSSR count). The molecule has 0 aromatic heterocycles. The monoisotopic (exact) mass is 85.0 g/mol. The van der Waals surface area contributed by atoms with Gasteiger partial charge in [0.15, 0.2) is 0 Å². The fourth-order valence-corrected chi connectivity index (χ4v) is 0.195. The first-order valence-electron chi connectivity index (χ1n) is 1.64. The lowest BCUT2D eigenvalue weighted by Gasteiger charge is -1.71. The molecule has 1 aliphatic carbocycles. The van der Waals surface area contributed by atoms with Gasteiger partial charge in [-0.2, -0.15) is 0 Å². The lowest BCUT2D eigenvalue weighted by molar-refractivity contribution is -0.417. The molecule has 0 atom stereocenters. The van der Waals surface area contributed by atoms with Crippen molar-refractivity contribution in [2.45, 2.75) is 6.42 Å². The lowest BCUT2D eigenvalue weighted by Crippen LogP contribution is -1.83. The molecule has 0 aliphatic heterocycles. The predicted octanol–water partition coefficient (Wildman–Crippen LogP) is 0.551. The molecular weight excluding hydrogens is 82.0 g/mol. The van der Waals surface area contributed by atoms with Gasteiger partial charge in [-0.1, -0.05) is 0 Å². The number of hydrogen-bond donors (Lipinski definition) is 0. The molecule has 0 saturated carbocycles. The van der Waals surface area contributed by atoms with Gasteiger partial charge in [-0.15, -0.1) is 0 Å². The van der Waals surface area contributed by atoms with Gasteiger partial charge in [-0.25, -0.2) is 0 Å². The highest BCUT2D eigenvalue weighted by molar-refractivity contribution is 5.12. The van der Waals surface area contributed by atoms with E-state index in [1.165, 1.54) is 0 Å². The van der Waals surface area contributed by atoms with E-state index in [4.69, 9.17) is 0 Å². The minimum absolute atomic E-state index is 0.356. The van der Waals surface area contributed by atoms with E-state index in [2.05, 4.69) is 0 Å². The highest BCUT2D eigenvalue weighted by Crippen LogP contribution is 2.16. The Labute approximate surface area is 34.4 Å². The molecule has 0 aromatic rings. The van der Waals surface area contributed by atoms with Crippen LogP contribution in [-0.4, -0.2) is 4.92 Å². The summed E-state index contributed by atoms with van der Waals surface area (Å²) in [6.07, 6.45) is 2.17. The topological polar surface area (TPSA) is 43.1 Å². The Morgan fingerprint density at radius 2 is 2.50 bits per heavy atom. The van der Waals surface area contributed by atoms with Gasteiger partial charge in [0.25, 0.3) is 0 Å². The number of nitrogens with zero attached hydrogens (tertiary/aromatic N) is 1. The first kappa shape index (κ1) is 3.33. The summed E-state index contributed by atoms with van der Waals surface area (Å²) in [7, 11) is 0. The van der Waals surface area contributed by atoms with Crippen molar-refractivity contribution in [2.75, 3.05) is 0 Å². The van der Waals surface area contributed by atoms with E-state index in [-0.39, 0.29) is 4.92 Å². The van der Waals surface area contributed by atoms with Gasteiger partial charge in [0.05, 0.1) is 11.3 Å². The Kier molecular flexibility index (Phi) is 0.445. The van der Waals surface area contributed by atoms with Crippen LogP contribution in [0.25, 0.3) is 0 Å². The van der Waals surface area contributed by atoms with E-state index in [0.29, 0.717) is 12.1 Å². The molecule has 0 bridgehead atoms. The third kappa shape index (κ3) is 0.381. The van der Waals surface area contributed by atoms with Gasteiger partial charge in [0.2, 0.25) is 5.70 Å². The van der Waals surface area contributed by atoms with Crippen LogP contribution in [0, 0.1) is 10.1 Å². The van der Waals surface area contributed by atoms with Crippen molar-refractivity contribution in [2.24, 2.45) is 0 Å². The maximum absolute atomic E-state index is 9.50. The Hall–Kier alpha value is -0.860. The largest absolute Gasteiger partial charge is 0.259 e. The van der Waals surface area contributed by atoms with E-state index < -0.39 is 0 Å². The predicted molar refractivity (Wildman–Crippen MR) is 19.7 cm³/mol. The average molecular weight is 85.1 g/mol. The summed E-state index contributed by atoms with van der Waals surface area (Å²) in [5.74, 6) is 0. The summed E-state index contributed by atoms with van der Waals surface area (Å²) in [5.41, 5.74) is 0.356. The van der Waals surface area contributed by atoms with Gasteiger partial charge < -0.3 is 0 Å². The molecule has 3 nitrogen and oxygen atoms in total. The van der Waals surface area contributed by atoms with Crippen LogP contribution in [0.2, 0.25) is 0 Å². The zero-order chi connectivity index (χ0) is 4.57. The van der Waals surface area contributed by atoms with Crippen molar-refractivity contribution in [1.29, 1.82) is 0 Å². The summed E-state index contributed by atoms with van der Waals surface area (Å²) in [6, 6.07) is 0. The van der Waals surface area contributed by atoms with Crippen molar-refractivity contribution in [3.05, 3.63) is 21.9 Å². The van der Waals surface area contributed by atoms with E-state index in [1.807, 2.05) is 0 Å². The molecule has 32 valence electrons. The molecule has 3 heteroatoms. The Bertz CT molecular complexity index is 116. The van der Waals surface area contributed by atoms with Crippen LogP contribution in [-0.2, 0) is 0 Å². The van der Waals surface area contributed by atoms with Crippen LogP contribution < -0.4 is 0 Å². The number of allylic oxidation sites excluding steroid dienone is 2. The number of rotatable bonds is 1. The average Bonchev–Trinajstić information content (AvgIpc) is 2.06. The zero-order valence-corrected chi connectivity index (χ0v) is 3.05. The number of hydrogen-bond acceptors (Lipinski definition) is 2. The zero-order valence-electron chi connectivity index (χ0n) is 3.05. The third-order valence-electron chi connectivity index (χ3n) is 0.621. The van der Waals surface area contributed by atoms with Crippen molar-refractivity contribution in [1.82, 2.24) is 0 Å². The Morgan fingerprint density at radius 1 is 2.00 bits per heavy atom. The number of nitro groups is 1. The molecule has 0 aromatic carbocycles. The SMILES string of the molecule is O=[N+]([O-])C1=CC1. The first-order chi connectivity index (χ1) is 2.80. The smallest absolute Gasteiger partial charge is 0.246 e. The highest BCUT2D eigenvalue weighted by Gasteiger charge is 2.19. The molecule has 6 heavy (non-hydrogen) atoms. The normalized spacial score (nSPS) is 16.3. The minimum atomic E-state index is -0.361. The summed E-state index contributed by atoms with van der Waals surface area (Å²) in [4.78, 5) is 9.14. The van der Waals surface area contributed by atoms with Gasteiger partial charge in [-0.05, 0) is 6.08 Å². The van der Waals surface area contributed by atoms with Crippen LogP contribution in [0.3, 0.4) is 0 Å². The van der Waals surface area contributed by atoms with E-state index in [1.54, 1.807) is 6.08 Å². The molecular formula is C3H3NO2.